The molecule has 13 heteroatoms. The fraction of sp³-hybridized carbons (Fsp3) is 0.871. The molecule has 1 unspecified atom stereocenters. The van der Waals surface area contributed by atoms with Gasteiger partial charge in [-0.2, -0.15) is 0 Å². The number of allylic oxidation sites excluding steroid dienone is 1. The first-order valence-corrected chi connectivity index (χ1v) is 15.5. The first-order chi connectivity index (χ1) is 20.3. The van der Waals surface area contributed by atoms with E-state index in [0.29, 0.717) is 25.7 Å². The van der Waals surface area contributed by atoms with Crippen LogP contribution in [0.1, 0.15) is 79.6 Å². The standard InChI is InChI=1S/C31H53NO11.K/c1-18-16-31(39-7,43-20(3)19(18)2)26(36)28(37)32-29-25-24(40-17-41-29)27(38-6)30(4,5)22(42-25)15-21(33)13-11-9-8-10-12-14-23(34)35;/h12,14,18-22,24-27,29,33,36H,8-11,13,15-17H2,1-7H3,(H,32,37)(H,34,35);/q;+1/p-1/b14-12+;/t18?,19-,20-,21-,22-,24+,25+,26-,27-,29-,31-;/m1./s1. The van der Waals surface area contributed by atoms with Crippen molar-refractivity contribution in [2.75, 3.05) is 21.0 Å². The Morgan fingerprint density at radius 2 is 1.80 bits per heavy atom. The predicted octanol–water partition coefficient (Wildman–Crippen LogP) is -1.59. The molecule has 248 valence electrons. The van der Waals surface area contributed by atoms with Gasteiger partial charge in [0.15, 0.2) is 12.3 Å². The number of carbonyl (C=O) groups is 2. The molecule has 0 radical (unpaired) electrons. The number of carbonyl (C=O) groups excluding carboxylic acids is 2. The number of amides is 1. The van der Waals surface area contributed by atoms with Crippen LogP contribution in [0.4, 0.5) is 0 Å². The Morgan fingerprint density at radius 3 is 2.41 bits per heavy atom. The maximum absolute atomic E-state index is 13.4. The summed E-state index contributed by atoms with van der Waals surface area (Å²) in [5.74, 6) is -3.03. The van der Waals surface area contributed by atoms with E-state index in [1.165, 1.54) is 7.11 Å². The second-order valence-electron chi connectivity index (χ2n) is 12.9. The molecule has 0 aromatic heterocycles. The van der Waals surface area contributed by atoms with Crippen LogP contribution in [0.2, 0.25) is 0 Å². The molecule has 44 heavy (non-hydrogen) atoms. The molecule has 0 aromatic rings. The van der Waals surface area contributed by atoms with Crippen molar-refractivity contribution in [1.29, 1.82) is 0 Å². The minimum Gasteiger partial charge on any atom is -0.545 e. The van der Waals surface area contributed by atoms with E-state index in [-0.39, 0.29) is 76.1 Å². The van der Waals surface area contributed by atoms with E-state index in [9.17, 15) is 24.9 Å². The molecule has 3 aliphatic heterocycles. The fourth-order valence-electron chi connectivity index (χ4n) is 6.62. The van der Waals surface area contributed by atoms with Gasteiger partial charge in [0.25, 0.3) is 5.91 Å². The molecular weight excluding hydrogens is 601 g/mol. The molecule has 3 N–H and O–H groups in total. The summed E-state index contributed by atoms with van der Waals surface area (Å²) in [5.41, 5.74) is -0.545. The average molecular weight is 654 g/mol. The van der Waals surface area contributed by atoms with Crippen molar-refractivity contribution >= 4 is 11.9 Å². The van der Waals surface area contributed by atoms with E-state index in [1.54, 1.807) is 13.2 Å². The van der Waals surface area contributed by atoms with Gasteiger partial charge in [0, 0.05) is 32.5 Å². The monoisotopic (exact) mass is 653 g/mol. The SMILES string of the molecule is CO[C@@H]1[C@H]2OCO[C@@H](NC(=O)[C@@H](O)[C@@]3(OC)CC(C)[C@@H](C)[C@@H](C)O3)[C@H]2O[C@H](C[C@H](O)CCCCC/C=C/C(=O)[O-])C1(C)C.[K+]. The van der Waals surface area contributed by atoms with Gasteiger partial charge in [-0.15, -0.1) is 0 Å². The number of hydrogen-bond acceptors (Lipinski definition) is 11. The molecule has 3 rings (SSSR count). The van der Waals surface area contributed by atoms with Crippen LogP contribution in [0.25, 0.3) is 0 Å². The molecule has 0 aliphatic carbocycles. The average Bonchev–Trinajstić information content (AvgIpc) is 2.95. The number of hydrogen-bond donors (Lipinski definition) is 3. The van der Waals surface area contributed by atoms with Gasteiger partial charge in [0.2, 0.25) is 5.79 Å². The fourth-order valence-corrected chi connectivity index (χ4v) is 6.62. The summed E-state index contributed by atoms with van der Waals surface area (Å²) in [6, 6.07) is 0. The second kappa shape index (κ2) is 18.0. The number of carboxylic acids is 1. The van der Waals surface area contributed by atoms with Gasteiger partial charge < -0.3 is 53.9 Å². The second-order valence-corrected chi connectivity index (χ2v) is 12.9. The summed E-state index contributed by atoms with van der Waals surface area (Å²) in [5, 5.41) is 35.3. The van der Waals surface area contributed by atoms with Crippen LogP contribution in [0.3, 0.4) is 0 Å². The molecule has 0 saturated carbocycles. The smallest absolute Gasteiger partial charge is 0.545 e. The third-order valence-corrected chi connectivity index (χ3v) is 9.64. The van der Waals surface area contributed by atoms with Crippen molar-refractivity contribution in [3.63, 3.8) is 0 Å². The topological polar surface area (TPSA) is 165 Å². The van der Waals surface area contributed by atoms with E-state index in [4.69, 9.17) is 28.4 Å². The Morgan fingerprint density at radius 1 is 1.09 bits per heavy atom. The minimum absolute atomic E-state index is 0. The molecule has 11 atom stereocenters. The van der Waals surface area contributed by atoms with Gasteiger partial charge in [-0.05, 0) is 44.1 Å². The van der Waals surface area contributed by atoms with Crippen molar-refractivity contribution in [3.05, 3.63) is 12.2 Å². The van der Waals surface area contributed by atoms with Crippen molar-refractivity contribution in [2.45, 2.75) is 134 Å². The molecule has 3 fully saturated rings. The number of aliphatic hydroxyl groups excluding tert-OH is 2. The Bertz CT molecular complexity index is 938. The molecule has 0 spiro atoms. The van der Waals surface area contributed by atoms with Crippen molar-refractivity contribution in [2.24, 2.45) is 17.3 Å². The first kappa shape index (κ1) is 40.2. The molecule has 1 amide bonds. The summed E-state index contributed by atoms with van der Waals surface area (Å²) >= 11 is 0. The summed E-state index contributed by atoms with van der Waals surface area (Å²) in [6.07, 6.45) is 1.26. The predicted molar refractivity (Wildman–Crippen MR) is 153 cm³/mol. The Kier molecular flexibility index (Phi) is 16.4. The van der Waals surface area contributed by atoms with Crippen molar-refractivity contribution in [1.82, 2.24) is 5.32 Å². The number of carboxylic acid groups (broad SMARTS) is 1. The van der Waals surface area contributed by atoms with Crippen LogP contribution >= 0.6 is 0 Å². The van der Waals surface area contributed by atoms with Gasteiger partial charge in [-0.25, -0.2) is 0 Å². The molecule has 0 aromatic carbocycles. The van der Waals surface area contributed by atoms with Gasteiger partial charge in [-0.1, -0.05) is 46.6 Å². The maximum Gasteiger partial charge on any atom is 1.00 e. The van der Waals surface area contributed by atoms with Crippen LogP contribution in [0, 0.1) is 17.3 Å². The Balaban J connectivity index is 0.00000675. The molecule has 3 heterocycles. The summed E-state index contributed by atoms with van der Waals surface area (Å²) < 4.78 is 35.8. The van der Waals surface area contributed by atoms with Crippen molar-refractivity contribution < 1.29 is 105 Å². The van der Waals surface area contributed by atoms with Crippen molar-refractivity contribution in [3.8, 4) is 0 Å². The summed E-state index contributed by atoms with van der Waals surface area (Å²) in [4.78, 5) is 23.9. The van der Waals surface area contributed by atoms with Crippen LogP contribution in [-0.4, -0.2) is 97.8 Å². The van der Waals surface area contributed by atoms with Gasteiger partial charge in [-0.3, -0.25) is 4.79 Å². The number of methoxy groups -OCH3 is 2. The van der Waals surface area contributed by atoms with Crippen LogP contribution in [-0.2, 0) is 38.0 Å². The van der Waals surface area contributed by atoms with E-state index in [1.807, 2.05) is 27.7 Å². The quantitative estimate of drug-likeness (QED) is 0.112. The number of aliphatic hydroxyl groups is 2. The van der Waals surface area contributed by atoms with E-state index >= 15 is 0 Å². The number of fused-ring (bicyclic) bond motifs is 1. The first-order valence-electron chi connectivity index (χ1n) is 15.5. The molecule has 0 bridgehead atoms. The van der Waals surface area contributed by atoms with E-state index in [2.05, 4.69) is 12.2 Å². The van der Waals surface area contributed by atoms with Gasteiger partial charge >= 0.3 is 51.4 Å². The maximum atomic E-state index is 13.4. The molecule has 3 saturated heterocycles. The van der Waals surface area contributed by atoms with Crippen LogP contribution < -0.4 is 61.8 Å². The summed E-state index contributed by atoms with van der Waals surface area (Å²) in [7, 11) is 3.02. The molecule has 3 aliphatic rings. The van der Waals surface area contributed by atoms with Crippen LogP contribution in [0.15, 0.2) is 12.2 Å². The summed E-state index contributed by atoms with van der Waals surface area (Å²) in [6.45, 7) is 9.91. The van der Waals surface area contributed by atoms with Crippen LogP contribution in [0.5, 0.6) is 0 Å². The zero-order valence-electron chi connectivity index (χ0n) is 27.7. The van der Waals surface area contributed by atoms with E-state index in [0.717, 1.165) is 25.3 Å². The zero-order chi connectivity index (χ0) is 31.9. The van der Waals surface area contributed by atoms with Gasteiger partial charge in [0.05, 0.1) is 30.4 Å². The largest absolute Gasteiger partial charge is 1.00 e. The van der Waals surface area contributed by atoms with Gasteiger partial charge in [0.1, 0.15) is 19.0 Å². The Labute approximate surface area is 304 Å². The third-order valence-electron chi connectivity index (χ3n) is 9.64. The number of unbranched alkanes of at least 4 members (excludes halogenated alkanes) is 3. The molecular formula is C31H52KNO11. The number of aliphatic carboxylic acids is 1. The zero-order valence-corrected chi connectivity index (χ0v) is 30.8. The normalized spacial score (nSPS) is 36.6. The number of nitrogens with one attached hydrogen (secondary N) is 1. The Hall–Kier alpha value is -0.00364. The number of rotatable bonds is 14. The minimum atomic E-state index is -1.62. The third kappa shape index (κ3) is 9.77. The number of ether oxygens (including phenoxy) is 6. The van der Waals surface area contributed by atoms with E-state index < -0.39 is 65.9 Å². The molecule has 12 nitrogen and oxygen atoms in total.